The molecule has 0 N–H and O–H groups in total. The van der Waals surface area contributed by atoms with E-state index in [1.807, 2.05) is 0 Å². The molecule has 0 aliphatic rings. The van der Waals surface area contributed by atoms with Gasteiger partial charge in [-0.1, -0.05) is 0 Å². The van der Waals surface area contributed by atoms with Gasteiger partial charge in [0.1, 0.15) is 0 Å². The molecule has 0 spiro atoms. The molecule has 0 aromatic carbocycles. The highest BCUT2D eigenvalue weighted by molar-refractivity contribution is 7.54. The maximum atomic E-state index is 11.7. The minimum Gasteiger partial charge on any atom is -0.343 e. The molecule has 0 aromatic rings. The molecule has 13 heavy (non-hydrogen) atoms. The Morgan fingerprint density at radius 2 is 1.38 bits per heavy atom. The van der Waals surface area contributed by atoms with Crippen LogP contribution in [0.3, 0.4) is 0 Å². The van der Waals surface area contributed by atoms with E-state index in [9.17, 15) is 26.3 Å². The van der Waals surface area contributed by atoms with E-state index in [0.717, 1.165) is 0 Å². The molecule has 0 heterocycles. The summed E-state index contributed by atoms with van der Waals surface area (Å²) < 4.78 is 73.7. The zero-order valence-electron chi connectivity index (χ0n) is 5.92. The third kappa shape index (κ3) is 4.88. The van der Waals surface area contributed by atoms with Crippen LogP contribution in [0.4, 0.5) is 26.3 Å². The largest absolute Gasteiger partial charge is 0.439 e. The van der Waals surface area contributed by atoms with Crippen molar-refractivity contribution in [2.75, 3.05) is 12.5 Å². The second-order valence-corrected chi connectivity index (χ2v) is 3.99. The molecule has 0 aliphatic carbocycles. The maximum Gasteiger partial charge on any atom is 0.439 e. The van der Waals surface area contributed by atoms with Gasteiger partial charge < -0.3 is 4.52 Å². The number of rotatable bonds is 3. The number of alkyl halides is 7. The van der Waals surface area contributed by atoms with E-state index in [2.05, 4.69) is 4.52 Å². The van der Waals surface area contributed by atoms with Gasteiger partial charge in [0.05, 0.1) is 6.61 Å². The molecule has 0 radical (unpaired) electrons. The summed E-state index contributed by atoms with van der Waals surface area (Å²) in [6.45, 7) is -0.772. The van der Waals surface area contributed by atoms with E-state index < -0.39 is 32.5 Å². The SMILES string of the molecule is FC(F)(F)P(OCCCl)C(F)(F)F. The predicted molar refractivity (Wildman–Crippen MR) is 35.7 cm³/mol. The summed E-state index contributed by atoms with van der Waals surface area (Å²) >= 11 is 4.90. The van der Waals surface area contributed by atoms with Crippen molar-refractivity contribution in [1.29, 1.82) is 0 Å². The van der Waals surface area contributed by atoms with Crippen LogP contribution < -0.4 is 0 Å². The molecule has 80 valence electrons. The van der Waals surface area contributed by atoms with Crippen molar-refractivity contribution in [3.63, 3.8) is 0 Å². The van der Waals surface area contributed by atoms with E-state index in [-0.39, 0.29) is 0 Å². The normalized spacial score (nSPS) is 13.8. The van der Waals surface area contributed by atoms with Gasteiger partial charge in [-0.05, 0) is 0 Å². The van der Waals surface area contributed by atoms with Crippen LogP contribution >= 0.6 is 19.7 Å². The zero-order valence-corrected chi connectivity index (χ0v) is 7.57. The molecule has 0 unspecified atom stereocenters. The molecule has 0 rings (SSSR count). The lowest BCUT2D eigenvalue weighted by Crippen LogP contribution is -2.20. The number of halogens is 7. The Bertz CT molecular complexity index is 142. The predicted octanol–water partition coefficient (Wildman–Crippen LogP) is 3.68. The molecule has 9 heteroatoms. The van der Waals surface area contributed by atoms with E-state index in [0.29, 0.717) is 0 Å². The Morgan fingerprint density at radius 1 is 1.00 bits per heavy atom. The first-order valence-electron chi connectivity index (χ1n) is 2.82. The highest BCUT2D eigenvalue weighted by atomic mass is 35.5. The van der Waals surface area contributed by atoms with Crippen LogP contribution in [-0.2, 0) is 4.52 Å². The van der Waals surface area contributed by atoms with Crippen LogP contribution in [0.5, 0.6) is 0 Å². The lowest BCUT2D eigenvalue weighted by Gasteiger charge is -2.21. The van der Waals surface area contributed by atoms with Crippen LogP contribution in [0.15, 0.2) is 0 Å². The standard InChI is InChI=1S/C4H4ClF6OP/c5-1-2-12-13(3(6,7)8)4(9,10)11/h1-2H2. The molecule has 0 saturated carbocycles. The summed E-state index contributed by atoms with van der Waals surface area (Å²) in [5, 5.41) is 0. The van der Waals surface area contributed by atoms with Gasteiger partial charge in [0.2, 0.25) is 0 Å². The van der Waals surface area contributed by atoms with E-state index in [4.69, 9.17) is 11.6 Å². The van der Waals surface area contributed by atoms with E-state index in [1.54, 1.807) is 0 Å². The molecule has 0 atom stereocenters. The molecular weight excluding hydrogens is 244 g/mol. The smallest absolute Gasteiger partial charge is 0.343 e. The molecule has 0 bridgehead atoms. The molecule has 0 aromatic heterocycles. The lowest BCUT2D eigenvalue weighted by molar-refractivity contribution is -0.0980. The molecule has 0 saturated heterocycles. The third-order valence-corrected chi connectivity index (χ3v) is 2.27. The van der Waals surface area contributed by atoms with Crippen LogP contribution in [0.25, 0.3) is 0 Å². The summed E-state index contributed by atoms with van der Waals surface area (Å²) in [6.07, 6.45) is 0. The van der Waals surface area contributed by atoms with Crippen molar-refractivity contribution in [3.05, 3.63) is 0 Å². The minimum atomic E-state index is -5.39. The van der Waals surface area contributed by atoms with Gasteiger partial charge in [0.25, 0.3) is 8.15 Å². The fourth-order valence-corrected chi connectivity index (χ4v) is 1.45. The van der Waals surface area contributed by atoms with Crippen LogP contribution in [-0.4, -0.2) is 24.3 Å². The van der Waals surface area contributed by atoms with Crippen LogP contribution in [0.2, 0.25) is 0 Å². The van der Waals surface area contributed by atoms with Crippen LogP contribution in [0.1, 0.15) is 0 Å². The summed E-state index contributed by atoms with van der Waals surface area (Å²) in [5.41, 5.74) is 0. The van der Waals surface area contributed by atoms with Gasteiger partial charge >= 0.3 is 11.8 Å². The zero-order chi connectivity index (χ0) is 10.7. The summed E-state index contributed by atoms with van der Waals surface area (Å²) in [4.78, 5) is 0. The average molecular weight is 248 g/mol. The first-order valence-corrected chi connectivity index (χ1v) is 4.61. The summed E-state index contributed by atoms with van der Waals surface area (Å²) in [6, 6.07) is 0. The van der Waals surface area contributed by atoms with Gasteiger partial charge in [-0.15, -0.1) is 11.6 Å². The molecule has 1 nitrogen and oxygen atoms in total. The summed E-state index contributed by atoms with van der Waals surface area (Å²) in [7, 11) is -4.43. The molecular formula is C4H4ClF6OP. The second kappa shape index (κ2) is 4.66. The monoisotopic (exact) mass is 248 g/mol. The van der Waals surface area contributed by atoms with Crippen molar-refractivity contribution in [2.45, 2.75) is 11.8 Å². The van der Waals surface area contributed by atoms with Crippen molar-refractivity contribution in [2.24, 2.45) is 0 Å². The van der Waals surface area contributed by atoms with Crippen LogP contribution in [0, 0.1) is 0 Å². The number of hydrogen-bond acceptors (Lipinski definition) is 1. The molecule has 0 fully saturated rings. The van der Waals surface area contributed by atoms with Gasteiger partial charge in [0, 0.05) is 5.88 Å². The van der Waals surface area contributed by atoms with Crippen molar-refractivity contribution < 1.29 is 30.9 Å². The van der Waals surface area contributed by atoms with Crippen molar-refractivity contribution in [1.82, 2.24) is 0 Å². The van der Waals surface area contributed by atoms with Crippen molar-refractivity contribution >= 4 is 19.7 Å². The highest BCUT2D eigenvalue weighted by Gasteiger charge is 2.58. The quantitative estimate of drug-likeness (QED) is 0.420. The van der Waals surface area contributed by atoms with Gasteiger partial charge in [0.15, 0.2) is 0 Å². The fraction of sp³-hybridized carbons (Fsp3) is 1.00. The second-order valence-electron chi connectivity index (χ2n) is 1.75. The van der Waals surface area contributed by atoms with Crippen molar-refractivity contribution in [3.8, 4) is 0 Å². The highest BCUT2D eigenvalue weighted by Crippen LogP contribution is 2.64. The summed E-state index contributed by atoms with van der Waals surface area (Å²) in [5.74, 6) is -11.2. The Hall–Kier alpha value is 0.260. The maximum absolute atomic E-state index is 11.7. The Labute approximate surface area is 75.8 Å². The van der Waals surface area contributed by atoms with Gasteiger partial charge in [-0.3, -0.25) is 0 Å². The third-order valence-electron chi connectivity index (χ3n) is 0.758. The first-order chi connectivity index (χ1) is 5.69. The number of hydrogen-bond donors (Lipinski definition) is 0. The van der Waals surface area contributed by atoms with Gasteiger partial charge in [-0.25, -0.2) is 0 Å². The lowest BCUT2D eigenvalue weighted by atomic mass is 10.9. The average Bonchev–Trinajstić information content (AvgIpc) is 1.81. The molecule has 0 aliphatic heterocycles. The Kier molecular flexibility index (Phi) is 4.76. The van der Waals surface area contributed by atoms with Gasteiger partial charge in [-0.2, -0.15) is 26.3 Å². The fourth-order valence-electron chi connectivity index (χ4n) is 0.416. The first kappa shape index (κ1) is 13.3. The van der Waals surface area contributed by atoms with E-state index in [1.165, 1.54) is 0 Å². The minimum absolute atomic E-state index is 0.412. The molecule has 0 amide bonds. The Morgan fingerprint density at radius 3 is 1.62 bits per heavy atom. The topological polar surface area (TPSA) is 9.23 Å². The van der Waals surface area contributed by atoms with E-state index >= 15 is 0 Å². The Balaban J connectivity index is 4.39.